The molecule has 57 heavy (non-hydrogen) atoms. The van der Waals surface area contributed by atoms with Crippen LogP contribution in [-0.2, 0) is 30.5 Å². The third kappa shape index (κ3) is 8.94. The van der Waals surface area contributed by atoms with E-state index in [0.717, 1.165) is 81.9 Å². The number of aliphatic carboxylic acids is 1. The summed E-state index contributed by atoms with van der Waals surface area (Å²) in [5, 5.41) is 9.68. The van der Waals surface area contributed by atoms with Crippen LogP contribution in [0, 0.1) is 50.7 Å². The van der Waals surface area contributed by atoms with E-state index in [1.807, 2.05) is 42.1 Å². The number of likely N-dealkylation sites (N-methyl/N-ethyl adjacent to an activating group) is 1. The summed E-state index contributed by atoms with van der Waals surface area (Å²) >= 11 is 0. The molecule has 1 aromatic heterocycles. The maximum absolute atomic E-state index is 14.2. The SMILES string of the molecule is CCCC[C@H](OC(=O)CC(C)(C)C(=O)O)C(C)(C)[C@@H]1CC[C@]2(C)[C@H](CC[C@@H]3C4=C(C(C)C)C(=O)C[C@]4(CCN(Cc4ccccn4)C(=O)CN(C)C)CC[C@]32C)C1. The number of ether oxygens (including phenoxy) is 1. The van der Waals surface area contributed by atoms with Crippen LogP contribution in [0.15, 0.2) is 35.5 Å². The molecule has 3 saturated carbocycles. The highest BCUT2D eigenvalue weighted by Gasteiger charge is 2.65. The van der Waals surface area contributed by atoms with Gasteiger partial charge in [-0.15, -0.1) is 0 Å². The quantitative estimate of drug-likeness (QED) is 0.155. The first kappa shape index (κ1) is 45.0. The molecule has 1 aromatic rings. The molecule has 318 valence electrons. The molecule has 4 aliphatic rings. The van der Waals surface area contributed by atoms with E-state index in [1.54, 1.807) is 20.0 Å². The van der Waals surface area contributed by atoms with Gasteiger partial charge in [-0.1, -0.05) is 72.9 Å². The lowest BCUT2D eigenvalue weighted by Crippen LogP contribution is -2.59. The Bertz CT molecular complexity index is 1670. The highest BCUT2D eigenvalue weighted by atomic mass is 16.5. The summed E-state index contributed by atoms with van der Waals surface area (Å²) in [4.78, 5) is 61.4. The topological polar surface area (TPSA) is 117 Å². The molecule has 9 heteroatoms. The molecule has 0 aromatic carbocycles. The van der Waals surface area contributed by atoms with Gasteiger partial charge in [-0.25, -0.2) is 0 Å². The highest BCUT2D eigenvalue weighted by Crippen LogP contribution is 2.73. The number of carboxylic acid groups (broad SMARTS) is 1. The minimum Gasteiger partial charge on any atom is -0.481 e. The Labute approximate surface area is 344 Å². The van der Waals surface area contributed by atoms with Crippen molar-refractivity contribution in [3.63, 3.8) is 0 Å². The van der Waals surface area contributed by atoms with E-state index in [2.05, 4.69) is 53.5 Å². The van der Waals surface area contributed by atoms with Crippen molar-refractivity contribution in [1.82, 2.24) is 14.8 Å². The van der Waals surface area contributed by atoms with E-state index in [-0.39, 0.29) is 46.0 Å². The molecule has 0 aliphatic heterocycles. The number of hydrogen-bond acceptors (Lipinski definition) is 7. The number of carbonyl (C=O) groups excluding carboxylic acids is 3. The summed E-state index contributed by atoms with van der Waals surface area (Å²) in [6, 6.07) is 5.86. The zero-order chi connectivity index (χ0) is 42.1. The van der Waals surface area contributed by atoms with Gasteiger partial charge in [0.1, 0.15) is 6.10 Å². The number of rotatable bonds is 17. The van der Waals surface area contributed by atoms with Gasteiger partial charge in [0.15, 0.2) is 5.78 Å². The number of unbranched alkanes of at least 4 members (excludes halogenated alkanes) is 1. The number of nitrogens with zero attached hydrogens (tertiary/aromatic N) is 3. The fraction of sp³-hybridized carbons (Fsp3) is 0.771. The standard InChI is InChI=1S/C48H75N3O6/c1-12-13-17-38(57-40(54)29-44(4,5)43(55)56)45(6,7)33-20-21-46(8)34(27-33)18-19-36-42-41(32(2)3)37(52)28-48(42,23-22-47(36,46)9)24-26-51(39(53)31-50(10)11)30-35-16-14-15-25-49-35/h14-16,25,32-34,36,38H,12-13,17-24,26-31H2,1-11H3,(H,55,56)/t33-,34-,36-,38+,46-,47-,48-/m1/s1. The molecule has 0 unspecified atom stereocenters. The van der Waals surface area contributed by atoms with Crippen LogP contribution in [0.4, 0.5) is 0 Å². The van der Waals surface area contributed by atoms with Crippen molar-refractivity contribution >= 4 is 23.6 Å². The summed E-state index contributed by atoms with van der Waals surface area (Å²) in [6.07, 6.45) is 12.9. The summed E-state index contributed by atoms with van der Waals surface area (Å²) in [7, 11) is 3.86. The van der Waals surface area contributed by atoms with Gasteiger partial charge in [-0.05, 0) is 138 Å². The maximum atomic E-state index is 14.2. The number of hydrogen-bond donors (Lipinski definition) is 1. The van der Waals surface area contributed by atoms with Crippen molar-refractivity contribution in [3.8, 4) is 0 Å². The van der Waals surface area contributed by atoms with Gasteiger partial charge in [0.2, 0.25) is 5.91 Å². The fourth-order valence-electron chi connectivity index (χ4n) is 12.0. The molecule has 9 nitrogen and oxygen atoms in total. The van der Waals surface area contributed by atoms with Gasteiger partial charge in [-0.2, -0.15) is 0 Å². The Morgan fingerprint density at radius 2 is 1.74 bits per heavy atom. The van der Waals surface area contributed by atoms with Crippen LogP contribution in [0.1, 0.15) is 151 Å². The predicted molar refractivity (Wildman–Crippen MR) is 225 cm³/mol. The van der Waals surface area contributed by atoms with E-state index < -0.39 is 17.4 Å². The van der Waals surface area contributed by atoms with Crippen molar-refractivity contribution in [3.05, 3.63) is 41.2 Å². The average Bonchev–Trinajstić information content (AvgIpc) is 3.43. The summed E-state index contributed by atoms with van der Waals surface area (Å²) in [5.41, 5.74) is 1.87. The lowest BCUT2D eigenvalue weighted by atomic mass is 9.38. The number of Topliss-reactive ketones (excluding diaryl/α,β-unsaturated/α-hetero) is 1. The van der Waals surface area contributed by atoms with Crippen molar-refractivity contribution in [1.29, 1.82) is 0 Å². The van der Waals surface area contributed by atoms with Gasteiger partial charge >= 0.3 is 11.9 Å². The second-order valence-electron chi connectivity index (χ2n) is 20.9. The summed E-state index contributed by atoms with van der Waals surface area (Å²) in [5.74, 6) is 0.386. The Kier molecular flexibility index (Phi) is 13.6. The number of aromatic nitrogens is 1. The smallest absolute Gasteiger partial charge is 0.309 e. The van der Waals surface area contributed by atoms with Gasteiger partial charge in [0, 0.05) is 30.0 Å². The van der Waals surface area contributed by atoms with E-state index in [1.165, 1.54) is 5.57 Å². The molecule has 1 amide bonds. The molecule has 0 bridgehead atoms. The van der Waals surface area contributed by atoms with E-state index in [0.29, 0.717) is 49.6 Å². The predicted octanol–water partition coefficient (Wildman–Crippen LogP) is 9.54. The third-order valence-electron chi connectivity index (χ3n) is 16.0. The van der Waals surface area contributed by atoms with Gasteiger partial charge < -0.3 is 19.6 Å². The van der Waals surface area contributed by atoms with Crippen LogP contribution in [0.25, 0.3) is 0 Å². The molecule has 1 N–H and O–H groups in total. The molecule has 0 radical (unpaired) electrons. The first-order valence-corrected chi connectivity index (χ1v) is 22.1. The number of fused-ring (bicyclic) bond motifs is 5. The first-order valence-electron chi connectivity index (χ1n) is 22.1. The molecule has 0 saturated heterocycles. The lowest BCUT2D eigenvalue weighted by Gasteiger charge is -2.66. The number of amides is 1. The minimum atomic E-state index is -1.17. The number of esters is 1. The second kappa shape index (κ2) is 17.3. The number of allylic oxidation sites excluding steroid dienone is 2. The van der Waals surface area contributed by atoms with Crippen LogP contribution >= 0.6 is 0 Å². The highest BCUT2D eigenvalue weighted by molar-refractivity contribution is 6.00. The number of carboxylic acids is 1. The summed E-state index contributed by atoms with van der Waals surface area (Å²) < 4.78 is 6.26. The van der Waals surface area contributed by atoms with Crippen molar-refractivity contribution in [2.24, 2.45) is 50.7 Å². The van der Waals surface area contributed by atoms with E-state index in [9.17, 15) is 24.3 Å². The number of ketones is 1. The van der Waals surface area contributed by atoms with Crippen molar-refractivity contribution < 1.29 is 29.0 Å². The van der Waals surface area contributed by atoms with Gasteiger partial charge in [-0.3, -0.25) is 24.2 Å². The molecule has 5 rings (SSSR count). The lowest BCUT2D eigenvalue weighted by molar-refractivity contribution is -0.173. The molecular formula is C48H75N3O6. The zero-order valence-electron chi connectivity index (χ0n) is 37.3. The van der Waals surface area contributed by atoms with Gasteiger partial charge in [0.05, 0.1) is 30.6 Å². The normalized spacial score (nSPS) is 29.5. The first-order chi connectivity index (χ1) is 26.6. The van der Waals surface area contributed by atoms with Crippen molar-refractivity contribution in [2.45, 2.75) is 158 Å². The van der Waals surface area contributed by atoms with E-state index in [4.69, 9.17) is 4.74 Å². The van der Waals surface area contributed by atoms with E-state index >= 15 is 0 Å². The van der Waals surface area contributed by atoms with Gasteiger partial charge in [0.25, 0.3) is 0 Å². The molecule has 3 fully saturated rings. The van der Waals surface area contributed by atoms with Crippen LogP contribution < -0.4 is 0 Å². The van der Waals surface area contributed by atoms with Crippen LogP contribution in [0.5, 0.6) is 0 Å². The zero-order valence-corrected chi connectivity index (χ0v) is 37.3. The molecule has 1 heterocycles. The molecule has 0 spiro atoms. The molecular weight excluding hydrogens is 715 g/mol. The fourth-order valence-corrected chi connectivity index (χ4v) is 12.0. The van der Waals surface area contributed by atoms with Crippen molar-refractivity contribution in [2.75, 3.05) is 27.2 Å². The van der Waals surface area contributed by atoms with Crippen LogP contribution in [0.3, 0.4) is 0 Å². The third-order valence-corrected chi connectivity index (χ3v) is 16.0. The van der Waals surface area contributed by atoms with Crippen LogP contribution in [0.2, 0.25) is 0 Å². The minimum absolute atomic E-state index is 0.0412. The average molecular weight is 790 g/mol. The largest absolute Gasteiger partial charge is 0.481 e. The summed E-state index contributed by atoms with van der Waals surface area (Å²) in [6.45, 7) is 20.8. The molecule has 4 aliphatic carbocycles. The number of carbonyl (C=O) groups is 4. The number of pyridine rings is 1. The second-order valence-corrected chi connectivity index (χ2v) is 20.9. The molecule has 7 atom stereocenters. The van der Waals surface area contributed by atoms with Crippen LogP contribution in [-0.4, -0.2) is 76.8 Å². The maximum Gasteiger partial charge on any atom is 0.309 e. The monoisotopic (exact) mass is 790 g/mol. The Hall–Kier alpha value is -3.07. The Morgan fingerprint density at radius 3 is 2.35 bits per heavy atom. The Balaban J connectivity index is 1.40. The Morgan fingerprint density at radius 1 is 1.02 bits per heavy atom.